The monoisotopic (exact) mass is 276 g/mol. The van der Waals surface area contributed by atoms with E-state index >= 15 is 0 Å². The summed E-state index contributed by atoms with van der Waals surface area (Å²) in [6, 6.07) is 4.99. The lowest BCUT2D eigenvalue weighted by atomic mass is 9.85. The number of nitrogens with zero attached hydrogens (tertiary/aromatic N) is 1. The van der Waals surface area contributed by atoms with Crippen LogP contribution in [0.2, 0.25) is 0 Å². The summed E-state index contributed by atoms with van der Waals surface area (Å²) in [7, 11) is 2.23. The number of nitrogens with one attached hydrogen (secondary N) is 1. The third kappa shape index (κ3) is 3.64. The molecule has 3 rings (SSSR count). The topological polar surface area (TPSA) is 28.4 Å². The van der Waals surface area contributed by atoms with Gasteiger partial charge in [-0.2, -0.15) is 0 Å². The molecule has 0 amide bonds. The van der Waals surface area contributed by atoms with Crippen molar-refractivity contribution >= 4 is 0 Å². The first-order chi connectivity index (χ1) is 9.65. The minimum Gasteiger partial charge on any atom is -0.465 e. The van der Waals surface area contributed by atoms with Crippen LogP contribution in [0.25, 0.3) is 0 Å². The van der Waals surface area contributed by atoms with Gasteiger partial charge in [-0.1, -0.05) is 12.8 Å². The Morgan fingerprint density at radius 3 is 2.65 bits per heavy atom. The Labute approximate surface area is 122 Å². The maximum Gasteiger partial charge on any atom is 0.118 e. The van der Waals surface area contributed by atoms with Crippen LogP contribution in [-0.4, -0.2) is 31.1 Å². The summed E-state index contributed by atoms with van der Waals surface area (Å²) in [5, 5.41) is 3.76. The van der Waals surface area contributed by atoms with E-state index in [1.165, 1.54) is 51.6 Å². The minimum absolute atomic E-state index is 0.499. The van der Waals surface area contributed by atoms with Crippen molar-refractivity contribution in [1.29, 1.82) is 0 Å². The molecule has 3 heteroatoms. The molecular formula is C17H28N2O. The Kier molecular flexibility index (Phi) is 4.18. The zero-order chi connectivity index (χ0) is 14.0. The lowest BCUT2D eigenvalue weighted by Crippen LogP contribution is -2.41. The highest BCUT2D eigenvalue weighted by molar-refractivity contribution is 5.05. The van der Waals surface area contributed by atoms with Crippen LogP contribution in [0.4, 0.5) is 0 Å². The maximum absolute atomic E-state index is 5.70. The van der Waals surface area contributed by atoms with E-state index in [0.717, 1.165) is 24.1 Å². The standard InChI is InChI=1S/C17H28N2O/c1-14-5-8-16(20-14)11-19(2)13-17(9-3-4-10-17)12-18-15-6-7-15/h5,8,15,18H,3-4,6-7,9-13H2,1-2H3. The van der Waals surface area contributed by atoms with Gasteiger partial charge < -0.3 is 9.73 Å². The van der Waals surface area contributed by atoms with Gasteiger partial charge in [0.2, 0.25) is 0 Å². The van der Waals surface area contributed by atoms with Gasteiger partial charge >= 0.3 is 0 Å². The van der Waals surface area contributed by atoms with Gasteiger partial charge in [0.25, 0.3) is 0 Å². The molecule has 1 aromatic rings. The molecule has 2 aliphatic rings. The van der Waals surface area contributed by atoms with E-state index in [2.05, 4.69) is 29.4 Å². The highest BCUT2D eigenvalue weighted by Crippen LogP contribution is 2.39. The number of hydrogen-bond donors (Lipinski definition) is 1. The third-order valence-corrected chi connectivity index (χ3v) is 4.83. The normalized spacial score (nSPS) is 21.8. The molecule has 2 aliphatic carbocycles. The predicted molar refractivity (Wildman–Crippen MR) is 81.7 cm³/mol. The summed E-state index contributed by atoms with van der Waals surface area (Å²) < 4.78 is 5.70. The van der Waals surface area contributed by atoms with Gasteiger partial charge in [0.1, 0.15) is 11.5 Å². The van der Waals surface area contributed by atoms with E-state index in [-0.39, 0.29) is 0 Å². The first kappa shape index (κ1) is 14.2. The van der Waals surface area contributed by atoms with E-state index in [1.807, 2.05) is 6.92 Å². The second-order valence-corrected chi connectivity index (χ2v) is 7.05. The molecule has 0 unspecified atom stereocenters. The molecule has 0 aromatic carbocycles. The van der Waals surface area contributed by atoms with Crippen molar-refractivity contribution in [2.75, 3.05) is 20.1 Å². The van der Waals surface area contributed by atoms with E-state index in [4.69, 9.17) is 4.42 Å². The lowest BCUT2D eigenvalue weighted by Gasteiger charge is -2.33. The van der Waals surface area contributed by atoms with Crippen LogP contribution < -0.4 is 5.32 Å². The molecule has 0 radical (unpaired) electrons. The fourth-order valence-electron chi connectivity index (χ4n) is 3.63. The number of furan rings is 1. The summed E-state index contributed by atoms with van der Waals surface area (Å²) in [6.07, 6.45) is 8.35. The summed E-state index contributed by atoms with van der Waals surface area (Å²) in [5.41, 5.74) is 0.499. The predicted octanol–water partition coefficient (Wildman–Crippen LogP) is 3.33. The highest BCUT2D eigenvalue weighted by atomic mass is 16.3. The van der Waals surface area contributed by atoms with Crippen LogP contribution in [0.5, 0.6) is 0 Å². The van der Waals surface area contributed by atoms with Crippen molar-refractivity contribution in [3.05, 3.63) is 23.7 Å². The second-order valence-electron chi connectivity index (χ2n) is 7.05. The highest BCUT2D eigenvalue weighted by Gasteiger charge is 2.36. The van der Waals surface area contributed by atoms with Crippen LogP contribution >= 0.6 is 0 Å². The number of aryl methyl sites for hydroxylation is 1. The largest absolute Gasteiger partial charge is 0.465 e. The van der Waals surface area contributed by atoms with Gasteiger partial charge in [-0.3, -0.25) is 4.90 Å². The van der Waals surface area contributed by atoms with Gasteiger partial charge in [-0.25, -0.2) is 0 Å². The van der Waals surface area contributed by atoms with Crippen LogP contribution in [-0.2, 0) is 6.54 Å². The van der Waals surface area contributed by atoms with Crippen LogP contribution in [0.15, 0.2) is 16.5 Å². The first-order valence-electron chi connectivity index (χ1n) is 8.13. The maximum atomic E-state index is 5.70. The van der Waals surface area contributed by atoms with Gasteiger partial charge in [0, 0.05) is 19.1 Å². The summed E-state index contributed by atoms with van der Waals surface area (Å²) >= 11 is 0. The molecule has 2 saturated carbocycles. The van der Waals surface area contributed by atoms with Gasteiger partial charge in [-0.05, 0) is 57.2 Å². The summed E-state index contributed by atoms with van der Waals surface area (Å²) in [5.74, 6) is 2.10. The van der Waals surface area contributed by atoms with E-state index < -0.39 is 0 Å². The van der Waals surface area contributed by atoms with E-state index in [1.54, 1.807) is 0 Å². The van der Waals surface area contributed by atoms with Crippen molar-refractivity contribution < 1.29 is 4.42 Å². The van der Waals surface area contributed by atoms with Gasteiger partial charge in [-0.15, -0.1) is 0 Å². The Balaban J connectivity index is 1.54. The van der Waals surface area contributed by atoms with Crippen molar-refractivity contribution in [3.63, 3.8) is 0 Å². The minimum atomic E-state index is 0.499. The average Bonchev–Trinajstić information content (AvgIpc) is 3.00. The fourth-order valence-corrected chi connectivity index (χ4v) is 3.63. The number of rotatable bonds is 7. The van der Waals surface area contributed by atoms with Crippen molar-refractivity contribution in [2.24, 2.45) is 5.41 Å². The molecule has 1 heterocycles. The molecule has 0 bridgehead atoms. The first-order valence-corrected chi connectivity index (χ1v) is 8.13. The average molecular weight is 276 g/mol. The summed E-state index contributed by atoms with van der Waals surface area (Å²) in [6.45, 7) is 5.34. The molecule has 0 saturated heterocycles. The lowest BCUT2D eigenvalue weighted by molar-refractivity contribution is 0.159. The second kappa shape index (κ2) is 5.90. The van der Waals surface area contributed by atoms with E-state index in [0.29, 0.717) is 5.41 Å². The van der Waals surface area contributed by atoms with Crippen molar-refractivity contribution in [3.8, 4) is 0 Å². The number of hydrogen-bond acceptors (Lipinski definition) is 3. The molecular weight excluding hydrogens is 248 g/mol. The SMILES string of the molecule is Cc1ccc(CN(C)CC2(CNC3CC3)CCCC2)o1. The van der Waals surface area contributed by atoms with E-state index in [9.17, 15) is 0 Å². The quantitative estimate of drug-likeness (QED) is 0.828. The fraction of sp³-hybridized carbons (Fsp3) is 0.765. The molecule has 0 aliphatic heterocycles. The molecule has 1 N–H and O–H groups in total. The van der Waals surface area contributed by atoms with Crippen LogP contribution in [0, 0.1) is 12.3 Å². The Morgan fingerprint density at radius 2 is 2.05 bits per heavy atom. The Morgan fingerprint density at radius 1 is 1.30 bits per heavy atom. The van der Waals surface area contributed by atoms with Crippen LogP contribution in [0.3, 0.4) is 0 Å². The molecule has 1 aromatic heterocycles. The molecule has 3 nitrogen and oxygen atoms in total. The molecule has 112 valence electrons. The smallest absolute Gasteiger partial charge is 0.118 e. The molecule has 20 heavy (non-hydrogen) atoms. The van der Waals surface area contributed by atoms with Crippen molar-refractivity contribution in [1.82, 2.24) is 10.2 Å². The molecule has 0 spiro atoms. The molecule has 2 fully saturated rings. The van der Waals surface area contributed by atoms with Crippen molar-refractivity contribution in [2.45, 2.75) is 58.0 Å². The Bertz CT molecular complexity index is 430. The Hall–Kier alpha value is -0.800. The van der Waals surface area contributed by atoms with Crippen LogP contribution in [0.1, 0.15) is 50.0 Å². The third-order valence-electron chi connectivity index (χ3n) is 4.83. The summed E-state index contributed by atoms with van der Waals surface area (Å²) in [4.78, 5) is 2.44. The molecule has 0 atom stereocenters. The van der Waals surface area contributed by atoms with Gasteiger partial charge in [0.05, 0.1) is 6.54 Å². The zero-order valence-corrected chi connectivity index (χ0v) is 13.0. The zero-order valence-electron chi connectivity index (χ0n) is 13.0. The van der Waals surface area contributed by atoms with Gasteiger partial charge in [0.15, 0.2) is 0 Å².